The van der Waals surface area contributed by atoms with Crippen molar-refractivity contribution >= 4 is 11.6 Å². The van der Waals surface area contributed by atoms with E-state index >= 15 is 0 Å². The van der Waals surface area contributed by atoms with Gasteiger partial charge in [0.05, 0.1) is 0 Å². The lowest BCUT2D eigenvalue weighted by atomic mass is 10.3. The van der Waals surface area contributed by atoms with E-state index in [9.17, 15) is 0 Å². The first kappa shape index (κ1) is 7.03. The minimum atomic E-state index is 0.782. The quantitative estimate of drug-likeness (QED) is 0.304. The van der Waals surface area contributed by atoms with Crippen molar-refractivity contribution in [3.8, 4) is 0 Å². The first-order valence-corrected chi connectivity index (χ1v) is 3.12. The first-order chi connectivity index (χ1) is 3.41. The van der Waals surface area contributed by atoms with Crippen LogP contribution in [0.15, 0.2) is 12.2 Å². The van der Waals surface area contributed by atoms with E-state index in [1.54, 1.807) is 0 Å². The molecule has 42 valence electrons. The Labute approximate surface area is 50.2 Å². The molecule has 0 atom stereocenters. The maximum Gasteiger partial charge on any atom is 0.0226 e. The third kappa shape index (κ3) is 6.03. The largest absolute Gasteiger partial charge is 0.127 e. The predicted octanol–water partition coefficient (Wildman–Crippen LogP) is 2.58. The van der Waals surface area contributed by atoms with Gasteiger partial charge in [-0.05, 0) is 19.8 Å². The summed E-state index contributed by atoms with van der Waals surface area (Å²) in [6.45, 7) is 2.02. The lowest BCUT2D eigenvalue weighted by molar-refractivity contribution is 0.965. The number of hydrogen-bond donors (Lipinski definition) is 0. The Morgan fingerprint density at radius 1 is 1.57 bits per heavy atom. The first-order valence-electron chi connectivity index (χ1n) is 2.59. The molecule has 0 radical (unpaired) electrons. The molecule has 0 aromatic heterocycles. The van der Waals surface area contributed by atoms with Gasteiger partial charge in [0.25, 0.3) is 0 Å². The molecule has 0 aromatic rings. The van der Waals surface area contributed by atoms with Gasteiger partial charge in [0.1, 0.15) is 0 Å². The summed E-state index contributed by atoms with van der Waals surface area (Å²) in [6, 6.07) is 0. The van der Waals surface area contributed by atoms with Crippen LogP contribution in [0.1, 0.15) is 19.8 Å². The standard InChI is InChI=1S/C6H11Cl/c1-2-3-4-5-6-7/h2-3H,4-6H2,1H3/b3-2-. The number of unbranched alkanes of at least 4 members (excludes halogenated alkanes) is 1. The fourth-order valence-electron chi connectivity index (χ4n) is 0.362. The van der Waals surface area contributed by atoms with Crippen LogP contribution >= 0.6 is 11.6 Å². The predicted molar refractivity (Wildman–Crippen MR) is 34.8 cm³/mol. The molecule has 0 spiro atoms. The van der Waals surface area contributed by atoms with Crippen LogP contribution in [0.25, 0.3) is 0 Å². The highest BCUT2D eigenvalue weighted by atomic mass is 35.5. The maximum absolute atomic E-state index is 5.40. The summed E-state index contributed by atoms with van der Waals surface area (Å²) in [6.07, 6.45) is 6.40. The van der Waals surface area contributed by atoms with Crippen molar-refractivity contribution in [3.05, 3.63) is 12.2 Å². The molecule has 0 fully saturated rings. The number of halogens is 1. The van der Waals surface area contributed by atoms with E-state index < -0.39 is 0 Å². The molecule has 0 saturated heterocycles. The normalized spacial score (nSPS) is 10.6. The van der Waals surface area contributed by atoms with Crippen molar-refractivity contribution in [2.45, 2.75) is 19.8 Å². The molecule has 0 N–H and O–H groups in total. The second kappa shape index (κ2) is 6.03. The summed E-state index contributed by atoms with van der Waals surface area (Å²) in [4.78, 5) is 0. The molecule has 0 aliphatic rings. The molecular formula is C6H11Cl. The summed E-state index contributed by atoms with van der Waals surface area (Å²) >= 11 is 5.40. The number of alkyl halides is 1. The minimum Gasteiger partial charge on any atom is -0.127 e. The summed E-state index contributed by atoms with van der Waals surface area (Å²) in [5.41, 5.74) is 0. The van der Waals surface area contributed by atoms with Crippen LogP contribution in [0.5, 0.6) is 0 Å². The second-order valence-electron chi connectivity index (χ2n) is 1.40. The molecule has 7 heavy (non-hydrogen) atoms. The molecule has 0 unspecified atom stereocenters. The number of rotatable bonds is 3. The van der Waals surface area contributed by atoms with Crippen LogP contribution in [0.2, 0.25) is 0 Å². The Kier molecular flexibility index (Phi) is 6.06. The Hall–Kier alpha value is 0.0300. The van der Waals surface area contributed by atoms with Crippen LogP contribution in [0, 0.1) is 0 Å². The van der Waals surface area contributed by atoms with Gasteiger partial charge in [-0.25, -0.2) is 0 Å². The molecule has 0 aromatic carbocycles. The van der Waals surface area contributed by atoms with Crippen LogP contribution in [0.3, 0.4) is 0 Å². The van der Waals surface area contributed by atoms with Crippen molar-refractivity contribution in [2.24, 2.45) is 0 Å². The van der Waals surface area contributed by atoms with Gasteiger partial charge in [-0.3, -0.25) is 0 Å². The van der Waals surface area contributed by atoms with Crippen LogP contribution in [-0.4, -0.2) is 5.88 Å². The summed E-state index contributed by atoms with van der Waals surface area (Å²) in [5, 5.41) is 0. The summed E-state index contributed by atoms with van der Waals surface area (Å²) < 4.78 is 0. The highest BCUT2D eigenvalue weighted by Gasteiger charge is 1.74. The molecule has 0 heterocycles. The van der Waals surface area contributed by atoms with E-state index in [1.165, 1.54) is 0 Å². The van der Waals surface area contributed by atoms with E-state index in [4.69, 9.17) is 11.6 Å². The average molecular weight is 119 g/mol. The highest BCUT2D eigenvalue weighted by Crippen LogP contribution is 1.91. The lowest BCUT2D eigenvalue weighted by Gasteiger charge is -1.82. The average Bonchev–Trinajstić information content (AvgIpc) is 1.69. The molecule has 0 aliphatic carbocycles. The molecule has 0 nitrogen and oxygen atoms in total. The van der Waals surface area contributed by atoms with Gasteiger partial charge in [0.2, 0.25) is 0 Å². The minimum absolute atomic E-state index is 0.782. The van der Waals surface area contributed by atoms with Gasteiger partial charge >= 0.3 is 0 Å². The molecule has 0 aliphatic heterocycles. The SMILES string of the molecule is C/C=C\CCCCl. The zero-order chi connectivity index (χ0) is 5.54. The summed E-state index contributed by atoms with van der Waals surface area (Å²) in [7, 11) is 0. The van der Waals surface area contributed by atoms with Gasteiger partial charge < -0.3 is 0 Å². The Bertz CT molecular complexity index is 48.1. The number of hydrogen-bond acceptors (Lipinski definition) is 0. The van der Waals surface area contributed by atoms with Gasteiger partial charge in [-0.1, -0.05) is 12.2 Å². The van der Waals surface area contributed by atoms with E-state index in [2.05, 4.69) is 6.08 Å². The monoisotopic (exact) mass is 118 g/mol. The Morgan fingerprint density at radius 2 is 2.29 bits per heavy atom. The van der Waals surface area contributed by atoms with Crippen molar-refractivity contribution in [2.75, 3.05) is 5.88 Å². The molecule has 0 saturated carbocycles. The second-order valence-corrected chi connectivity index (χ2v) is 1.78. The fourth-order valence-corrected chi connectivity index (χ4v) is 0.516. The highest BCUT2D eigenvalue weighted by molar-refractivity contribution is 6.17. The summed E-state index contributed by atoms with van der Waals surface area (Å²) in [5.74, 6) is 0.782. The zero-order valence-electron chi connectivity index (χ0n) is 4.65. The fraction of sp³-hybridized carbons (Fsp3) is 0.667. The third-order valence-electron chi connectivity index (χ3n) is 0.740. The van der Waals surface area contributed by atoms with Crippen LogP contribution in [-0.2, 0) is 0 Å². The third-order valence-corrected chi connectivity index (χ3v) is 1.01. The van der Waals surface area contributed by atoms with Crippen molar-refractivity contribution < 1.29 is 0 Å². The smallest absolute Gasteiger partial charge is 0.0226 e. The van der Waals surface area contributed by atoms with Crippen LogP contribution < -0.4 is 0 Å². The van der Waals surface area contributed by atoms with E-state index in [0.29, 0.717) is 0 Å². The Morgan fingerprint density at radius 3 is 2.71 bits per heavy atom. The molecule has 0 amide bonds. The molecule has 1 heteroatoms. The van der Waals surface area contributed by atoms with E-state index in [0.717, 1.165) is 18.7 Å². The van der Waals surface area contributed by atoms with Crippen molar-refractivity contribution in [3.63, 3.8) is 0 Å². The number of allylic oxidation sites excluding steroid dienone is 2. The molecule has 0 rings (SSSR count). The van der Waals surface area contributed by atoms with Gasteiger partial charge in [0.15, 0.2) is 0 Å². The molecular weight excluding hydrogens is 108 g/mol. The lowest BCUT2D eigenvalue weighted by Crippen LogP contribution is -1.68. The van der Waals surface area contributed by atoms with Gasteiger partial charge in [-0.2, -0.15) is 0 Å². The van der Waals surface area contributed by atoms with Crippen molar-refractivity contribution in [1.29, 1.82) is 0 Å². The van der Waals surface area contributed by atoms with E-state index in [-0.39, 0.29) is 0 Å². The Balaban J connectivity index is 2.69. The van der Waals surface area contributed by atoms with Crippen LogP contribution in [0.4, 0.5) is 0 Å². The molecule has 0 bridgehead atoms. The van der Waals surface area contributed by atoms with Gasteiger partial charge in [0, 0.05) is 5.88 Å². The zero-order valence-corrected chi connectivity index (χ0v) is 5.41. The van der Waals surface area contributed by atoms with E-state index in [1.807, 2.05) is 13.0 Å². The topological polar surface area (TPSA) is 0 Å². The van der Waals surface area contributed by atoms with Crippen molar-refractivity contribution in [1.82, 2.24) is 0 Å². The maximum atomic E-state index is 5.40. The van der Waals surface area contributed by atoms with Gasteiger partial charge in [-0.15, -0.1) is 11.6 Å².